The first kappa shape index (κ1) is 20.8. The van der Waals surface area contributed by atoms with Gasteiger partial charge in [0.25, 0.3) is 14.4 Å². The molecule has 9 nitrogen and oxygen atoms in total. The van der Waals surface area contributed by atoms with Crippen LogP contribution in [0.3, 0.4) is 0 Å². The summed E-state index contributed by atoms with van der Waals surface area (Å²) in [4.78, 5) is 23.7. The van der Waals surface area contributed by atoms with Crippen LogP contribution in [0.25, 0.3) is 0 Å². The average Bonchev–Trinajstić information content (AvgIpc) is 3.03. The number of sulfonamides is 1. The number of ether oxygens (including phenoxy) is 1. The second-order valence-corrected chi connectivity index (χ2v) is 9.32. The van der Waals surface area contributed by atoms with E-state index in [0.717, 1.165) is 11.3 Å². The Morgan fingerprint density at radius 2 is 1.93 bits per heavy atom. The van der Waals surface area contributed by atoms with E-state index in [0.29, 0.717) is 0 Å². The van der Waals surface area contributed by atoms with Crippen molar-refractivity contribution < 1.29 is 22.7 Å². The van der Waals surface area contributed by atoms with Crippen LogP contribution >= 0.6 is 11.3 Å². The largest absolute Gasteiger partial charge is 0.462 e. The van der Waals surface area contributed by atoms with Crippen LogP contribution in [0, 0.1) is 5.41 Å². The Bertz CT molecular complexity index is 948. The Morgan fingerprint density at radius 3 is 2.56 bits per heavy atom. The van der Waals surface area contributed by atoms with E-state index < -0.39 is 21.4 Å². The van der Waals surface area contributed by atoms with Crippen molar-refractivity contribution in [1.82, 2.24) is 10.2 Å². The maximum Gasteiger partial charge on any atom is 0.338 e. The first-order valence-electron chi connectivity index (χ1n) is 7.98. The highest BCUT2D eigenvalue weighted by atomic mass is 32.2. The molecule has 0 aliphatic carbocycles. The minimum atomic E-state index is -4.03. The fourth-order valence-corrected chi connectivity index (χ4v) is 3.72. The summed E-state index contributed by atoms with van der Waals surface area (Å²) in [6, 6.07) is 5.89. The molecule has 27 heavy (non-hydrogen) atoms. The van der Waals surface area contributed by atoms with Gasteiger partial charge in [0.15, 0.2) is 0 Å². The van der Waals surface area contributed by atoms with Gasteiger partial charge in [0, 0.05) is 11.1 Å². The molecule has 0 fully saturated rings. The number of aromatic nitrogens is 2. The van der Waals surface area contributed by atoms with Crippen LogP contribution in [-0.2, 0) is 19.6 Å². The predicted molar refractivity (Wildman–Crippen MR) is 101 cm³/mol. The van der Waals surface area contributed by atoms with Crippen molar-refractivity contribution in [2.75, 3.05) is 16.6 Å². The number of anilines is 2. The number of benzene rings is 1. The maximum atomic E-state index is 12.5. The number of nitrogens with zero attached hydrogens (tertiary/aromatic N) is 2. The molecule has 1 aromatic heterocycles. The topological polar surface area (TPSA) is 127 Å². The third-order valence-electron chi connectivity index (χ3n) is 3.16. The summed E-state index contributed by atoms with van der Waals surface area (Å²) in [5, 5.41) is 9.92. The van der Waals surface area contributed by atoms with E-state index in [1.807, 2.05) is 0 Å². The summed E-state index contributed by atoms with van der Waals surface area (Å²) in [7, 11) is -4.03. The first-order chi connectivity index (χ1) is 12.5. The van der Waals surface area contributed by atoms with Crippen LogP contribution in [0.2, 0.25) is 0 Å². The zero-order valence-electron chi connectivity index (χ0n) is 15.3. The average molecular weight is 412 g/mol. The molecule has 0 aliphatic heterocycles. The van der Waals surface area contributed by atoms with Crippen molar-refractivity contribution in [2.24, 2.45) is 5.41 Å². The van der Waals surface area contributed by atoms with Crippen LogP contribution in [0.1, 0.15) is 38.1 Å². The molecule has 2 rings (SSSR count). The standard InChI is InChI=1S/C16H20N4O5S2/c1-5-25-12(21)10-7-6-8-11(9-10)20-27(23,24)15-19-18-14(26-15)17-13(22)16(2,3)4/h6-9,20H,5H2,1-4H3,(H,17,18,22). The molecule has 1 heterocycles. The molecule has 0 saturated heterocycles. The number of esters is 1. The van der Waals surface area contributed by atoms with Gasteiger partial charge >= 0.3 is 5.97 Å². The number of carbonyl (C=O) groups excluding carboxylic acids is 2. The molecular weight excluding hydrogens is 392 g/mol. The lowest BCUT2D eigenvalue weighted by Crippen LogP contribution is -2.27. The van der Waals surface area contributed by atoms with Gasteiger partial charge in [-0.3, -0.25) is 9.52 Å². The Hall–Kier alpha value is -2.53. The van der Waals surface area contributed by atoms with Gasteiger partial charge in [0.1, 0.15) is 0 Å². The SMILES string of the molecule is CCOC(=O)c1cccc(NS(=O)(=O)c2nnc(NC(=O)C(C)(C)C)s2)c1. The lowest BCUT2D eigenvalue weighted by atomic mass is 9.96. The number of hydrogen-bond acceptors (Lipinski definition) is 8. The molecular formula is C16H20N4O5S2. The molecule has 146 valence electrons. The lowest BCUT2D eigenvalue weighted by Gasteiger charge is -2.15. The van der Waals surface area contributed by atoms with Crippen molar-refractivity contribution >= 4 is 44.1 Å². The number of nitrogens with one attached hydrogen (secondary N) is 2. The number of carbonyl (C=O) groups is 2. The molecule has 1 amide bonds. The first-order valence-corrected chi connectivity index (χ1v) is 10.3. The van der Waals surface area contributed by atoms with E-state index >= 15 is 0 Å². The summed E-state index contributed by atoms with van der Waals surface area (Å²) >= 11 is 0.726. The lowest BCUT2D eigenvalue weighted by molar-refractivity contribution is -0.123. The number of hydrogen-bond donors (Lipinski definition) is 2. The van der Waals surface area contributed by atoms with Crippen LogP contribution in [-0.4, -0.2) is 37.1 Å². The molecule has 0 radical (unpaired) electrons. The van der Waals surface area contributed by atoms with Gasteiger partial charge in [-0.2, -0.15) is 8.42 Å². The Labute approximate surface area is 161 Å². The summed E-state index contributed by atoms with van der Waals surface area (Å²) in [6.07, 6.45) is 0. The van der Waals surface area contributed by atoms with Crippen molar-refractivity contribution in [3.8, 4) is 0 Å². The molecule has 1 aromatic carbocycles. The van der Waals surface area contributed by atoms with Crippen molar-refractivity contribution in [3.05, 3.63) is 29.8 Å². The maximum absolute atomic E-state index is 12.5. The second-order valence-electron chi connectivity index (χ2n) is 6.48. The number of rotatable bonds is 6. The van der Waals surface area contributed by atoms with Gasteiger partial charge in [0.2, 0.25) is 11.0 Å². The molecule has 2 N–H and O–H groups in total. The highest BCUT2D eigenvalue weighted by Gasteiger charge is 2.25. The van der Waals surface area contributed by atoms with Gasteiger partial charge < -0.3 is 10.1 Å². The quantitative estimate of drug-likeness (QED) is 0.551. The van der Waals surface area contributed by atoms with E-state index in [4.69, 9.17) is 4.74 Å². The zero-order chi connectivity index (χ0) is 20.2. The van der Waals surface area contributed by atoms with Gasteiger partial charge in [-0.25, -0.2) is 4.79 Å². The minimum absolute atomic E-state index is 0.0792. The van der Waals surface area contributed by atoms with Gasteiger partial charge in [-0.05, 0) is 25.1 Å². The van der Waals surface area contributed by atoms with Crippen molar-refractivity contribution in [3.63, 3.8) is 0 Å². The highest BCUT2D eigenvalue weighted by molar-refractivity contribution is 7.94. The molecule has 0 unspecified atom stereocenters. The summed E-state index contributed by atoms with van der Waals surface area (Å²) in [5.41, 5.74) is -0.264. The highest BCUT2D eigenvalue weighted by Crippen LogP contribution is 2.25. The molecule has 0 saturated carbocycles. The summed E-state index contributed by atoms with van der Waals surface area (Å²) in [5.74, 6) is -0.862. The number of amides is 1. The fourth-order valence-electron chi connectivity index (χ4n) is 1.78. The normalized spacial score (nSPS) is 11.7. The smallest absolute Gasteiger partial charge is 0.338 e. The molecule has 0 spiro atoms. The van der Waals surface area contributed by atoms with Crippen molar-refractivity contribution in [1.29, 1.82) is 0 Å². The molecule has 11 heteroatoms. The minimum Gasteiger partial charge on any atom is -0.462 e. The molecule has 0 aliphatic rings. The Kier molecular flexibility index (Phi) is 6.16. The molecule has 2 aromatic rings. The molecule has 0 bridgehead atoms. The van der Waals surface area contributed by atoms with Crippen molar-refractivity contribution in [2.45, 2.75) is 32.0 Å². The summed E-state index contributed by atoms with van der Waals surface area (Å²) in [6.45, 7) is 7.05. The molecule has 0 atom stereocenters. The van der Waals surface area contributed by atoms with E-state index in [2.05, 4.69) is 20.2 Å². The van der Waals surface area contributed by atoms with Crippen LogP contribution in [0.4, 0.5) is 10.8 Å². The van der Waals surface area contributed by atoms with E-state index in [9.17, 15) is 18.0 Å². The predicted octanol–water partition coefficient (Wildman–Crippen LogP) is 2.50. The second kappa shape index (κ2) is 8.01. The van der Waals surface area contributed by atoms with Gasteiger partial charge in [-0.15, -0.1) is 10.2 Å². The third kappa shape index (κ3) is 5.47. The fraction of sp³-hybridized carbons (Fsp3) is 0.375. The Morgan fingerprint density at radius 1 is 1.22 bits per heavy atom. The van der Waals surface area contributed by atoms with Gasteiger partial charge in [0.05, 0.1) is 12.2 Å². The van der Waals surface area contributed by atoms with Gasteiger partial charge in [-0.1, -0.05) is 38.2 Å². The van der Waals surface area contributed by atoms with E-state index in [1.54, 1.807) is 27.7 Å². The van der Waals surface area contributed by atoms with Crippen LogP contribution in [0.5, 0.6) is 0 Å². The monoisotopic (exact) mass is 412 g/mol. The summed E-state index contributed by atoms with van der Waals surface area (Å²) < 4.78 is 31.9. The van der Waals surface area contributed by atoms with E-state index in [1.165, 1.54) is 24.3 Å². The Balaban J connectivity index is 2.17. The van der Waals surface area contributed by atoms with E-state index in [-0.39, 0.29) is 33.2 Å². The van der Waals surface area contributed by atoms with Crippen LogP contribution < -0.4 is 10.0 Å². The third-order valence-corrected chi connectivity index (χ3v) is 5.75. The zero-order valence-corrected chi connectivity index (χ0v) is 16.9. The van der Waals surface area contributed by atoms with Crippen LogP contribution in [0.15, 0.2) is 28.6 Å².